The quantitative estimate of drug-likeness (QED) is 0.516. The van der Waals surface area contributed by atoms with Crippen LogP contribution in [0.4, 0.5) is 0 Å². The second kappa shape index (κ2) is 8.60. The van der Waals surface area contributed by atoms with Gasteiger partial charge in [0.2, 0.25) is 0 Å². The van der Waals surface area contributed by atoms with Crippen LogP contribution in [0.2, 0.25) is 0 Å². The molecule has 0 amide bonds. The number of rotatable bonds is 10. The van der Waals surface area contributed by atoms with E-state index in [9.17, 15) is 14.8 Å². The van der Waals surface area contributed by atoms with Gasteiger partial charge in [-0.25, -0.2) is 0 Å². The summed E-state index contributed by atoms with van der Waals surface area (Å²) in [7, 11) is -2.21. The van der Waals surface area contributed by atoms with E-state index in [0.717, 1.165) is 36.8 Å². The molecule has 0 aliphatic heterocycles. The van der Waals surface area contributed by atoms with Crippen LogP contribution >= 0.6 is 8.25 Å². The van der Waals surface area contributed by atoms with Crippen LogP contribution in [0.1, 0.15) is 48.6 Å². The third-order valence-corrected chi connectivity index (χ3v) is 6.42. The Morgan fingerprint density at radius 2 is 1.25 bits per heavy atom. The molecule has 2 fully saturated rings. The average Bonchev–Trinajstić information content (AvgIpc) is 3.56. The van der Waals surface area contributed by atoms with Crippen molar-refractivity contribution in [2.45, 2.75) is 37.5 Å². The number of aromatic hydroxyl groups is 2. The molecule has 2 aromatic carbocycles. The number of phenolic OH excluding ortho intramolecular Hbond substituents is 2. The summed E-state index contributed by atoms with van der Waals surface area (Å²) in [6, 6.07) is 14.4. The Bertz CT molecular complexity index is 764. The predicted molar refractivity (Wildman–Crippen MR) is 107 cm³/mol. The van der Waals surface area contributed by atoms with E-state index in [-0.39, 0.29) is 23.3 Å². The summed E-state index contributed by atoms with van der Waals surface area (Å²) in [5.74, 6) is 1.75. The van der Waals surface area contributed by atoms with Gasteiger partial charge in [0.05, 0.1) is 0 Å². The van der Waals surface area contributed by atoms with E-state index in [4.69, 9.17) is 9.05 Å². The summed E-state index contributed by atoms with van der Waals surface area (Å²) in [5, 5.41) is 19.5. The topological polar surface area (TPSA) is 76.0 Å². The summed E-state index contributed by atoms with van der Waals surface area (Å²) in [6.07, 6.45) is 4.51. The van der Waals surface area contributed by atoms with Crippen LogP contribution in [0.25, 0.3) is 0 Å². The number of phenols is 2. The maximum atomic E-state index is 12.3. The van der Waals surface area contributed by atoms with Gasteiger partial charge in [-0.05, 0) is 72.9 Å². The normalized spacial score (nSPS) is 19.2. The molecule has 0 aromatic heterocycles. The molecule has 0 radical (unpaired) electrons. The number of hydrogen-bond donors (Lipinski definition) is 2. The molecular weight excluding hydrogens is 375 g/mol. The fourth-order valence-electron chi connectivity index (χ4n) is 3.84. The van der Waals surface area contributed by atoms with Crippen LogP contribution in [-0.2, 0) is 13.6 Å². The summed E-state index contributed by atoms with van der Waals surface area (Å²) >= 11 is 0. The molecule has 4 rings (SSSR count). The highest BCUT2D eigenvalue weighted by Gasteiger charge is 2.38. The van der Waals surface area contributed by atoms with E-state index in [1.807, 2.05) is 24.3 Å². The van der Waals surface area contributed by atoms with Gasteiger partial charge < -0.3 is 10.2 Å². The maximum absolute atomic E-state index is 12.3. The molecule has 0 saturated heterocycles. The lowest BCUT2D eigenvalue weighted by Gasteiger charge is -2.14. The Morgan fingerprint density at radius 1 is 0.821 bits per heavy atom. The van der Waals surface area contributed by atoms with E-state index >= 15 is 0 Å². The molecule has 2 saturated carbocycles. The zero-order chi connectivity index (χ0) is 19.5. The summed E-state index contributed by atoms with van der Waals surface area (Å²) < 4.78 is 23.5. The molecule has 28 heavy (non-hydrogen) atoms. The first kappa shape index (κ1) is 19.4. The third-order valence-electron chi connectivity index (χ3n) is 5.70. The lowest BCUT2D eigenvalue weighted by atomic mass is 9.95. The fourth-order valence-corrected chi connectivity index (χ4v) is 4.48. The van der Waals surface area contributed by atoms with Gasteiger partial charge in [-0.3, -0.25) is 0 Å². The molecule has 2 aromatic rings. The maximum Gasteiger partial charge on any atom is 0.697 e. The van der Waals surface area contributed by atoms with Gasteiger partial charge in [-0.2, -0.15) is 0 Å². The lowest BCUT2D eigenvalue weighted by Crippen LogP contribution is -2.10. The van der Waals surface area contributed by atoms with E-state index in [1.54, 1.807) is 24.3 Å². The second-order valence-electron chi connectivity index (χ2n) is 7.89. The van der Waals surface area contributed by atoms with Crippen molar-refractivity contribution >= 4 is 8.25 Å². The molecular formula is C22H26O5P+. The Kier molecular flexibility index (Phi) is 5.96. The fraction of sp³-hybridized carbons (Fsp3) is 0.455. The monoisotopic (exact) mass is 401 g/mol. The summed E-state index contributed by atoms with van der Waals surface area (Å²) in [5.41, 5.74) is 2.03. The summed E-state index contributed by atoms with van der Waals surface area (Å²) in [4.78, 5) is 0. The Hall–Kier alpha value is -1.94. The van der Waals surface area contributed by atoms with Crippen molar-refractivity contribution in [2.75, 3.05) is 13.2 Å². The zero-order valence-corrected chi connectivity index (χ0v) is 16.6. The van der Waals surface area contributed by atoms with E-state index < -0.39 is 8.25 Å². The number of hydrogen-bond acceptors (Lipinski definition) is 5. The predicted octanol–water partition coefficient (Wildman–Crippen LogP) is 5.48. The minimum atomic E-state index is -2.21. The Morgan fingerprint density at radius 3 is 1.61 bits per heavy atom. The van der Waals surface area contributed by atoms with E-state index in [2.05, 4.69) is 0 Å². The molecule has 148 valence electrons. The van der Waals surface area contributed by atoms with Crippen molar-refractivity contribution in [3.8, 4) is 11.5 Å². The molecule has 2 aliphatic rings. The molecule has 5 nitrogen and oxygen atoms in total. The van der Waals surface area contributed by atoms with Gasteiger partial charge in [-0.1, -0.05) is 24.3 Å². The smallest absolute Gasteiger partial charge is 0.508 e. The van der Waals surface area contributed by atoms with Gasteiger partial charge in [0.1, 0.15) is 24.7 Å². The van der Waals surface area contributed by atoms with Crippen LogP contribution in [-0.4, -0.2) is 23.4 Å². The van der Waals surface area contributed by atoms with Gasteiger partial charge in [0, 0.05) is 16.4 Å². The zero-order valence-electron chi connectivity index (χ0n) is 15.7. The highest BCUT2D eigenvalue weighted by Crippen LogP contribution is 2.46. The number of benzene rings is 2. The van der Waals surface area contributed by atoms with Crippen LogP contribution in [0.15, 0.2) is 48.5 Å². The molecule has 2 aliphatic carbocycles. The first-order valence-electron chi connectivity index (χ1n) is 9.91. The first-order valence-corrected chi connectivity index (χ1v) is 11.0. The molecule has 0 heterocycles. The van der Waals surface area contributed by atoms with E-state index in [0.29, 0.717) is 25.0 Å². The van der Waals surface area contributed by atoms with Gasteiger partial charge in [0.25, 0.3) is 0 Å². The van der Waals surface area contributed by atoms with Crippen molar-refractivity contribution in [2.24, 2.45) is 11.8 Å². The molecule has 0 spiro atoms. The van der Waals surface area contributed by atoms with Crippen molar-refractivity contribution in [1.82, 2.24) is 0 Å². The standard InChI is InChI=1S/C22H25O5P/c23-19-5-1-3-17(11-19)21(15-7-8-15)13-26-28(25)27-14-22(16-9-10-16)18-4-2-6-20(24)12-18/h1-6,11-12,15-16,21-22H,7-10,13-14H2,(H-,23,24)/p+1. The molecule has 2 N–H and O–H groups in total. The van der Waals surface area contributed by atoms with Crippen LogP contribution < -0.4 is 0 Å². The minimum absolute atomic E-state index is 0.125. The summed E-state index contributed by atoms with van der Waals surface area (Å²) in [6.45, 7) is 0.646. The second-order valence-corrected chi connectivity index (χ2v) is 8.86. The lowest BCUT2D eigenvalue weighted by molar-refractivity contribution is 0.197. The average molecular weight is 401 g/mol. The molecule has 0 bridgehead atoms. The highest BCUT2D eigenvalue weighted by atomic mass is 31.1. The highest BCUT2D eigenvalue weighted by molar-refractivity contribution is 7.33. The van der Waals surface area contributed by atoms with Crippen LogP contribution in [0.5, 0.6) is 11.5 Å². The van der Waals surface area contributed by atoms with Crippen molar-refractivity contribution in [1.29, 1.82) is 0 Å². The Labute approximate surface area is 166 Å². The van der Waals surface area contributed by atoms with E-state index in [1.165, 1.54) is 0 Å². The largest absolute Gasteiger partial charge is 0.697 e. The van der Waals surface area contributed by atoms with Gasteiger partial charge >= 0.3 is 8.25 Å². The van der Waals surface area contributed by atoms with Crippen molar-refractivity contribution < 1.29 is 23.8 Å². The molecule has 6 heteroatoms. The van der Waals surface area contributed by atoms with Crippen LogP contribution in [0, 0.1) is 11.8 Å². The SMILES string of the molecule is O=[P+](OCC(c1cccc(O)c1)C1CC1)OCC(c1cccc(O)c1)C1CC1. The Balaban J connectivity index is 1.32. The van der Waals surface area contributed by atoms with Gasteiger partial charge in [0.15, 0.2) is 0 Å². The molecule has 2 unspecified atom stereocenters. The van der Waals surface area contributed by atoms with Gasteiger partial charge in [-0.15, -0.1) is 9.05 Å². The minimum Gasteiger partial charge on any atom is -0.508 e. The van der Waals surface area contributed by atoms with Crippen molar-refractivity contribution in [3.63, 3.8) is 0 Å². The first-order chi connectivity index (χ1) is 13.6. The van der Waals surface area contributed by atoms with Crippen molar-refractivity contribution in [3.05, 3.63) is 59.7 Å². The molecule has 2 atom stereocenters. The third kappa shape index (κ3) is 5.11. The van der Waals surface area contributed by atoms with Crippen LogP contribution in [0.3, 0.4) is 0 Å².